The number of nitrogen functional groups attached to an aromatic ring is 1. The van der Waals surface area contributed by atoms with Crippen molar-refractivity contribution in [3.05, 3.63) is 29.3 Å². The van der Waals surface area contributed by atoms with Crippen molar-refractivity contribution in [3.8, 4) is 5.82 Å². The monoisotopic (exact) mass is 239 g/mol. The quantitative estimate of drug-likeness (QED) is 0.807. The van der Waals surface area contributed by atoms with Gasteiger partial charge in [0.25, 0.3) is 0 Å². The second-order valence-corrected chi connectivity index (χ2v) is 3.21. The number of nitrogens with zero attached hydrogens (tertiary/aromatic N) is 4. The molecular weight excluding hydrogens is 234 g/mol. The molecule has 0 aliphatic rings. The Kier molecular flexibility index (Phi) is 1.97. The van der Waals surface area contributed by atoms with Gasteiger partial charge in [-0.3, -0.25) is 0 Å². The Labute approximate surface area is 82.7 Å². The fourth-order valence-corrected chi connectivity index (χ4v) is 1.19. The Morgan fingerprint density at radius 3 is 2.85 bits per heavy atom. The lowest BCUT2D eigenvalue weighted by Crippen LogP contribution is -2.03. The maximum absolute atomic E-state index is 5.73. The molecule has 2 aromatic heterocycles. The Morgan fingerprint density at radius 2 is 2.31 bits per heavy atom. The number of hydrogen-bond acceptors (Lipinski definition) is 4. The largest absolute Gasteiger partial charge is 0.383 e. The third-order valence-corrected chi connectivity index (χ3v) is 2.15. The second-order valence-electron chi connectivity index (χ2n) is 2.36. The van der Waals surface area contributed by atoms with E-state index in [0.29, 0.717) is 11.6 Å². The van der Waals surface area contributed by atoms with Crippen LogP contribution in [-0.2, 0) is 0 Å². The molecule has 2 N–H and O–H groups in total. The summed E-state index contributed by atoms with van der Waals surface area (Å²) in [5.41, 5.74) is 5.73. The molecule has 0 bridgehead atoms. The third-order valence-electron chi connectivity index (χ3n) is 1.54. The zero-order chi connectivity index (χ0) is 9.26. The van der Waals surface area contributed by atoms with E-state index in [4.69, 9.17) is 5.73 Å². The maximum Gasteiger partial charge on any atom is 0.159 e. The Bertz CT molecular complexity index is 410. The van der Waals surface area contributed by atoms with Gasteiger partial charge < -0.3 is 5.73 Å². The number of hydrogen-bond donors (Lipinski definition) is 1. The molecule has 0 aromatic carbocycles. The number of rotatable bonds is 1. The highest BCUT2D eigenvalue weighted by Crippen LogP contribution is 2.19. The molecule has 2 rings (SSSR count). The van der Waals surface area contributed by atoms with Gasteiger partial charge in [-0.2, -0.15) is 9.78 Å². The number of nitrogens with two attached hydrogens (primary N) is 1. The summed E-state index contributed by atoms with van der Waals surface area (Å²) in [6.45, 7) is 0. The molecule has 0 fully saturated rings. The van der Waals surface area contributed by atoms with E-state index < -0.39 is 0 Å². The van der Waals surface area contributed by atoms with Gasteiger partial charge in [0.05, 0.1) is 10.7 Å². The van der Waals surface area contributed by atoms with Crippen LogP contribution < -0.4 is 5.73 Å². The molecule has 5 nitrogen and oxygen atoms in total. The molecule has 0 unspecified atom stereocenters. The van der Waals surface area contributed by atoms with Gasteiger partial charge in [0.2, 0.25) is 0 Å². The normalized spacial score (nSPS) is 10.2. The van der Waals surface area contributed by atoms with Crippen molar-refractivity contribution >= 4 is 21.7 Å². The molecule has 0 aliphatic carbocycles. The molecule has 0 saturated heterocycles. The molecule has 0 spiro atoms. The molecule has 2 aromatic rings. The van der Waals surface area contributed by atoms with Crippen molar-refractivity contribution in [1.82, 2.24) is 19.7 Å². The molecule has 0 atom stereocenters. The lowest BCUT2D eigenvalue weighted by molar-refractivity contribution is 0.849. The minimum Gasteiger partial charge on any atom is -0.383 e. The summed E-state index contributed by atoms with van der Waals surface area (Å²) >= 11 is 3.26. The van der Waals surface area contributed by atoms with Crippen LogP contribution in [0.3, 0.4) is 0 Å². The van der Waals surface area contributed by atoms with Crippen molar-refractivity contribution < 1.29 is 0 Å². The molecule has 0 amide bonds. The summed E-state index contributed by atoms with van der Waals surface area (Å²) < 4.78 is 2.29. The minimum absolute atomic E-state index is 0.527. The molecule has 66 valence electrons. The van der Waals surface area contributed by atoms with Gasteiger partial charge in [-0.15, -0.1) is 0 Å². The summed E-state index contributed by atoms with van der Waals surface area (Å²) in [6, 6.07) is 1.73. The van der Waals surface area contributed by atoms with E-state index in [0.717, 1.165) is 4.47 Å². The van der Waals surface area contributed by atoms with Crippen LogP contribution in [0.1, 0.15) is 0 Å². The summed E-state index contributed by atoms with van der Waals surface area (Å²) in [5, 5.41) is 4.04. The van der Waals surface area contributed by atoms with Crippen LogP contribution in [0, 0.1) is 0 Å². The average molecular weight is 240 g/mol. The Morgan fingerprint density at radius 1 is 1.46 bits per heavy atom. The molecule has 0 saturated carbocycles. The first-order valence-corrected chi connectivity index (χ1v) is 4.33. The van der Waals surface area contributed by atoms with E-state index in [1.165, 1.54) is 11.0 Å². The second kappa shape index (κ2) is 3.14. The number of aromatic nitrogens is 4. The van der Waals surface area contributed by atoms with Crippen LogP contribution in [-0.4, -0.2) is 19.7 Å². The van der Waals surface area contributed by atoms with Crippen LogP contribution in [0.25, 0.3) is 5.82 Å². The van der Waals surface area contributed by atoms with Gasteiger partial charge in [-0.1, -0.05) is 0 Å². The van der Waals surface area contributed by atoms with Crippen molar-refractivity contribution in [3.63, 3.8) is 0 Å². The topological polar surface area (TPSA) is 69.6 Å². The van der Waals surface area contributed by atoms with Gasteiger partial charge in [0.15, 0.2) is 5.82 Å². The van der Waals surface area contributed by atoms with Gasteiger partial charge >= 0.3 is 0 Å². The van der Waals surface area contributed by atoms with Crippen LogP contribution in [0.2, 0.25) is 0 Å². The van der Waals surface area contributed by atoms with E-state index in [-0.39, 0.29) is 0 Å². The van der Waals surface area contributed by atoms with Crippen LogP contribution in [0.4, 0.5) is 5.82 Å². The molecule has 13 heavy (non-hydrogen) atoms. The Balaban J connectivity index is 2.53. The molecule has 2 heterocycles. The van der Waals surface area contributed by atoms with E-state index in [2.05, 4.69) is 31.0 Å². The highest BCUT2D eigenvalue weighted by Gasteiger charge is 2.06. The van der Waals surface area contributed by atoms with Crippen molar-refractivity contribution in [1.29, 1.82) is 0 Å². The van der Waals surface area contributed by atoms with Gasteiger partial charge in [-0.25, -0.2) is 9.97 Å². The Hall–Kier alpha value is -1.43. The first-order valence-electron chi connectivity index (χ1n) is 3.54. The van der Waals surface area contributed by atoms with E-state index in [1.807, 2.05) is 0 Å². The smallest absolute Gasteiger partial charge is 0.159 e. The number of anilines is 1. The van der Waals surface area contributed by atoms with Crippen molar-refractivity contribution in [2.75, 3.05) is 5.73 Å². The van der Waals surface area contributed by atoms with Crippen LogP contribution in [0.5, 0.6) is 0 Å². The predicted molar refractivity (Wildman–Crippen MR) is 51.3 cm³/mol. The highest BCUT2D eigenvalue weighted by molar-refractivity contribution is 9.10. The summed E-state index contributed by atoms with van der Waals surface area (Å²) in [4.78, 5) is 7.81. The fourth-order valence-electron chi connectivity index (χ4n) is 0.929. The van der Waals surface area contributed by atoms with E-state index >= 15 is 0 Å². The fraction of sp³-hybridized carbons (Fsp3) is 0. The van der Waals surface area contributed by atoms with Crippen molar-refractivity contribution in [2.24, 2.45) is 0 Å². The highest BCUT2D eigenvalue weighted by atomic mass is 79.9. The lowest BCUT2D eigenvalue weighted by Gasteiger charge is -2.00. The molecule has 0 aliphatic heterocycles. The van der Waals surface area contributed by atoms with E-state index in [1.54, 1.807) is 18.5 Å². The first kappa shape index (κ1) is 8.18. The van der Waals surface area contributed by atoms with Gasteiger partial charge in [0.1, 0.15) is 12.1 Å². The average Bonchev–Trinajstić information content (AvgIpc) is 2.49. The zero-order valence-electron chi connectivity index (χ0n) is 6.55. The predicted octanol–water partition coefficient (Wildman–Crippen LogP) is 1.01. The maximum atomic E-state index is 5.73. The lowest BCUT2D eigenvalue weighted by atomic mass is 10.5. The van der Waals surface area contributed by atoms with Crippen LogP contribution in [0.15, 0.2) is 29.3 Å². The summed E-state index contributed by atoms with van der Waals surface area (Å²) in [6.07, 6.45) is 4.71. The van der Waals surface area contributed by atoms with Gasteiger partial charge in [0, 0.05) is 12.3 Å². The zero-order valence-corrected chi connectivity index (χ0v) is 8.14. The third kappa shape index (κ3) is 1.40. The SMILES string of the molecule is Nc1c(Br)cnn1-c1ccncn1. The minimum atomic E-state index is 0.527. The van der Waals surface area contributed by atoms with E-state index in [9.17, 15) is 0 Å². The summed E-state index contributed by atoms with van der Waals surface area (Å²) in [7, 11) is 0. The molecule has 6 heteroatoms. The first-order chi connectivity index (χ1) is 6.29. The standard InChI is InChI=1S/C7H6BrN5/c8-5-3-12-13(7(5)9)6-1-2-10-4-11-6/h1-4H,9H2. The molecular formula is C7H6BrN5. The number of halogens is 1. The van der Waals surface area contributed by atoms with Crippen LogP contribution >= 0.6 is 15.9 Å². The molecule has 0 radical (unpaired) electrons. The van der Waals surface area contributed by atoms with Crippen molar-refractivity contribution in [2.45, 2.75) is 0 Å². The summed E-state index contributed by atoms with van der Waals surface area (Å²) in [5.74, 6) is 1.18. The van der Waals surface area contributed by atoms with Gasteiger partial charge in [-0.05, 0) is 15.9 Å².